The van der Waals surface area contributed by atoms with E-state index in [-0.39, 0.29) is 28.0 Å². The minimum absolute atomic E-state index is 0.00106. The summed E-state index contributed by atoms with van der Waals surface area (Å²) in [5.41, 5.74) is -1.14. The molecule has 0 spiro atoms. The lowest BCUT2D eigenvalue weighted by Crippen LogP contribution is -2.64. The first kappa shape index (κ1) is 31.7. The number of methoxy groups -OCH3 is 1. The minimum atomic E-state index is -1.90. The van der Waals surface area contributed by atoms with Crippen molar-refractivity contribution in [2.45, 2.75) is 68.3 Å². The normalized spacial score (nSPS) is 32.5. The number of phenols is 3. The molecule has 3 aromatic rings. The first-order valence-electron chi connectivity index (χ1n) is 13.4. The van der Waals surface area contributed by atoms with E-state index in [2.05, 4.69) is 0 Å². The number of hydrogen-bond donors (Lipinski definition) is 9. The van der Waals surface area contributed by atoms with E-state index >= 15 is 0 Å². The lowest BCUT2D eigenvalue weighted by atomic mass is 9.97. The van der Waals surface area contributed by atoms with Crippen LogP contribution in [0.1, 0.15) is 6.92 Å². The second-order valence-corrected chi connectivity index (χ2v) is 10.4. The molecule has 2 saturated heterocycles. The van der Waals surface area contributed by atoms with Crippen molar-refractivity contribution in [3.05, 3.63) is 40.6 Å². The SMILES string of the molecule is COc1cc(O)c2c(=O)c(O[C@@H]3O[C@@H](CO)[C@H](O)[C@H](O)[C@@H]3O[C@@H]3O[C@H](C)[C@@H](O)[C@@H](O)[C@@H]3O)c(-c3ccc(O)c(O)c3)oc2c1. The molecular weight excluding hydrogens is 592 g/mol. The number of benzene rings is 2. The van der Waals surface area contributed by atoms with Gasteiger partial charge in [0.25, 0.3) is 0 Å². The quantitative estimate of drug-likeness (QED) is 0.137. The molecule has 5 rings (SSSR count). The van der Waals surface area contributed by atoms with Crippen LogP contribution in [0.25, 0.3) is 22.3 Å². The van der Waals surface area contributed by atoms with E-state index in [1.807, 2.05) is 0 Å². The van der Waals surface area contributed by atoms with Crippen LogP contribution in [0.5, 0.6) is 28.7 Å². The third-order valence-corrected chi connectivity index (χ3v) is 7.54. The van der Waals surface area contributed by atoms with Crippen molar-refractivity contribution < 1.29 is 74.1 Å². The molecule has 2 fully saturated rings. The Hall–Kier alpha value is -3.71. The molecule has 16 nitrogen and oxygen atoms in total. The molecule has 2 aromatic carbocycles. The van der Waals surface area contributed by atoms with Gasteiger partial charge in [-0.3, -0.25) is 4.79 Å². The Labute approximate surface area is 248 Å². The van der Waals surface area contributed by atoms with Gasteiger partial charge in [0.05, 0.1) is 19.8 Å². The largest absolute Gasteiger partial charge is 0.507 e. The van der Waals surface area contributed by atoms with Crippen LogP contribution in [-0.2, 0) is 14.2 Å². The molecule has 16 heteroatoms. The van der Waals surface area contributed by atoms with Crippen LogP contribution < -0.4 is 14.9 Å². The third kappa shape index (κ3) is 5.63. The van der Waals surface area contributed by atoms with Gasteiger partial charge < -0.3 is 74.1 Å². The topological polar surface area (TPSA) is 258 Å². The maximum absolute atomic E-state index is 13.9. The lowest BCUT2D eigenvalue weighted by molar-refractivity contribution is -0.354. The molecule has 0 unspecified atom stereocenters. The van der Waals surface area contributed by atoms with E-state index in [0.717, 1.165) is 18.2 Å². The summed E-state index contributed by atoms with van der Waals surface area (Å²) in [5, 5.41) is 92.3. The minimum Gasteiger partial charge on any atom is -0.507 e. The Kier molecular flexibility index (Phi) is 8.90. The fraction of sp³-hybridized carbons (Fsp3) is 0.464. The number of ether oxygens (including phenoxy) is 5. The van der Waals surface area contributed by atoms with Gasteiger partial charge >= 0.3 is 0 Å². The third-order valence-electron chi connectivity index (χ3n) is 7.54. The van der Waals surface area contributed by atoms with Crippen molar-refractivity contribution in [1.29, 1.82) is 0 Å². The van der Waals surface area contributed by atoms with Gasteiger partial charge in [0.2, 0.25) is 17.5 Å². The Morgan fingerprint density at radius 2 is 1.55 bits per heavy atom. The molecule has 0 amide bonds. The molecule has 3 heterocycles. The van der Waals surface area contributed by atoms with Gasteiger partial charge in [-0.25, -0.2) is 0 Å². The molecule has 1 aromatic heterocycles. The summed E-state index contributed by atoms with van der Waals surface area (Å²) in [5.74, 6) is -2.51. The number of phenolic OH excluding ortho intramolecular Hbond substituents is 3. The van der Waals surface area contributed by atoms with E-state index in [1.165, 1.54) is 26.2 Å². The zero-order chi connectivity index (χ0) is 32.0. The second kappa shape index (κ2) is 12.4. The zero-order valence-electron chi connectivity index (χ0n) is 23.3. The predicted octanol–water partition coefficient (Wildman–Crippen LogP) is -1.38. The molecule has 0 radical (unpaired) electrons. The Morgan fingerprint density at radius 3 is 2.20 bits per heavy atom. The van der Waals surface area contributed by atoms with Crippen LogP contribution in [0.3, 0.4) is 0 Å². The number of fused-ring (bicyclic) bond motifs is 1. The summed E-state index contributed by atoms with van der Waals surface area (Å²) in [4.78, 5) is 13.9. The number of aliphatic hydroxyl groups is 6. The van der Waals surface area contributed by atoms with E-state index in [9.17, 15) is 50.8 Å². The van der Waals surface area contributed by atoms with Crippen molar-refractivity contribution in [3.8, 4) is 40.1 Å². The van der Waals surface area contributed by atoms with Crippen molar-refractivity contribution in [2.24, 2.45) is 0 Å². The zero-order valence-corrected chi connectivity index (χ0v) is 23.3. The van der Waals surface area contributed by atoms with Crippen molar-refractivity contribution >= 4 is 11.0 Å². The molecule has 0 saturated carbocycles. The van der Waals surface area contributed by atoms with Crippen LogP contribution in [0.15, 0.2) is 39.5 Å². The fourth-order valence-corrected chi connectivity index (χ4v) is 5.03. The van der Waals surface area contributed by atoms with E-state index in [1.54, 1.807) is 0 Å². The molecule has 2 aliphatic heterocycles. The van der Waals surface area contributed by atoms with Gasteiger partial charge in [-0.15, -0.1) is 0 Å². The molecule has 240 valence electrons. The standard InChI is InChI=1S/C28H32O16/c1-9-18(33)21(36)23(38)27(40-9)44-26-22(37)19(34)16(8-29)42-28(26)43-25-20(35)17-14(32)6-11(39-2)7-15(17)41-24(25)10-3-4-12(30)13(31)5-10/h3-7,9,16,18-19,21-23,26-34,36-38H,8H2,1-2H3/t9-,16+,18-,19+,21-,22+,23+,26+,27+,28+/m1/s1. The molecule has 10 atom stereocenters. The summed E-state index contributed by atoms with van der Waals surface area (Å²) in [6.07, 6.45) is -16.5. The van der Waals surface area contributed by atoms with Crippen molar-refractivity contribution in [1.82, 2.24) is 0 Å². The maximum Gasteiger partial charge on any atom is 0.239 e. The Balaban J connectivity index is 1.63. The number of hydrogen-bond acceptors (Lipinski definition) is 16. The van der Waals surface area contributed by atoms with Gasteiger partial charge in [0.15, 0.2) is 29.7 Å². The number of aliphatic hydroxyl groups excluding tert-OH is 6. The lowest BCUT2D eigenvalue weighted by Gasteiger charge is -2.45. The molecule has 0 bridgehead atoms. The van der Waals surface area contributed by atoms with Crippen molar-refractivity contribution in [3.63, 3.8) is 0 Å². The summed E-state index contributed by atoms with van der Waals surface area (Å²) in [7, 11) is 1.32. The monoisotopic (exact) mass is 624 g/mol. The van der Waals surface area contributed by atoms with Gasteiger partial charge in [-0.1, -0.05) is 0 Å². The predicted molar refractivity (Wildman–Crippen MR) is 145 cm³/mol. The van der Waals surface area contributed by atoms with Crippen LogP contribution in [0, 0.1) is 0 Å². The molecule has 2 aliphatic rings. The highest BCUT2D eigenvalue weighted by Crippen LogP contribution is 2.40. The summed E-state index contributed by atoms with van der Waals surface area (Å²) in [6.45, 7) is 0.566. The highest BCUT2D eigenvalue weighted by Gasteiger charge is 2.51. The van der Waals surface area contributed by atoms with Crippen LogP contribution in [0.2, 0.25) is 0 Å². The van der Waals surface area contributed by atoms with Crippen LogP contribution in [0.4, 0.5) is 0 Å². The summed E-state index contributed by atoms with van der Waals surface area (Å²) < 4.78 is 33.7. The number of rotatable bonds is 7. The Morgan fingerprint density at radius 1 is 0.818 bits per heavy atom. The van der Waals surface area contributed by atoms with E-state index in [4.69, 9.17) is 28.1 Å². The van der Waals surface area contributed by atoms with Gasteiger partial charge in [0.1, 0.15) is 59.1 Å². The molecule has 9 N–H and O–H groups in total. The fourth-order valence-electron chi connectivity index (χ4n) is 5.03. The van der Waals surface area contributed by atoms with Crippen LogP contribution in [-0.4, -0.2) is 121 Å². The summed E-state index contributed by atoms with van der Waals surface area (Å²) in [6, 6.07) is 5.88. The van der Waals surface area contributed by atoms with E-state index in [0.29, 0.717) is 0 Å². The first-order valence-corrected chi connectivity index (χ1v) is 13.4. The first-order chi connectivity index (χ1) is 20.9. The highest BCUT2D eigenvalue weighted by molar-refractivity contribution is 5.88. The van der Waals surface area contributed by atoms with Gasteiger partial charge in [0, 0.05) is 17.7 Å². The summed E-state index contributed by atoms with van der Waals surface area (Å²) >= 11 is 0. The Bertz CT molecular complexity index is 1560. The van der Waals surface area contributed by atoms with Crippen LogP contribution >= 0.6 is 0 Å². The molecule has 0 aliphatic carbocycles. The highest BCUT2D eigenvalue weighted by atomic mass is 16.8. The maximum atomic E-state index is 13.9. The molecular formula is C28H32O16. The average Bonchev–Trinajstić information content (AvgIpc) is 3.00. The van der Waals surface area contributed by atoms with Gasteiger partial charge in [-0.2, -0.15) is 0 Å². The molecule has 44 heavy (non-hydrogen) atoms. The second-order valence-electron chi connectivity index (χ2n) is 10.4. The van der Waals surface area contributed by atoms with Crippen molar-refractivity contribution in [2.75, 3.05) is 13.7 Å². The van der Waals surface area contributed by atoms with Gasteiger partial charge in [-0.05, 0) is 25.1 Å². The van der Waals surface area contributed by atoms with E-state index < -0.39 is 96.4 Å². The average molecular weight is 625 g/mol. The number of aromatic hydroxyl groups is 3. The smallest absolute Gasteiger partial charge is 0.239 e.